The Labute approximate surface area is 124 Å². The second-order valence-corrected chi connectivity index (χ2v) is 6.21. The third kappa shape index (κ3) is 20.8. The van der Waals surface area contributed by atoms with E-state index in [9.17, 15) is 13.2 Å². The van der Waals surface area contributed by atoms with E-state index >= 15 is 0 Å². The van der Waals surface area contributed by atoms with E-state index in [1.807, 2.05) is 0 Å². The normalized spacial score (nSPS) is 10.1. The Morgan fingerprint density at radius 2 is 1.80 bits per heavy atom. The van der Waals surface area contributed by atoms with Gasteiger partial charge in [-0.3, -0.25) is 0 Å². The van der Waals surface area contributed by atoms with Crippen LogP contribution in [0, 0.1) is 0 Å². The van der Waals surface area contributed by atoms with Gasteiger partial charge in [-0.1, -0.05) is 6.58 Å². The van der Waals surface area contributed by atoms with Gasteiger partial charge in [0.1, 0.15) is 0 Å². The molecular weight excluding hydrogens is 247 g/mol. The van der Waals surface area contributed by atoms with Crippen LogP contribution in [0.5, 0.6) is 0 Å². The molecule has 0 radical (unpaired) electrons. The molecule has 0 spiro atoms. The summed E-state index contributed by atoms with van der Waals surface area (Å²) < 4.78 is 29.5. The van der Waals surface area contributed by atoms with E-state index in [0.29, 0.717) is 6.42 Å². The van der Waals surface area contributed by atoms with Crippen LogP contribution in [-0.4, -0.2) is 78.8 Å². The molecule has 0 aromatic rings. The monoisotopic (exact) mass is 262 g/mol. The van der Waals surface area contributed by atoms with Gasteiger partial charge in [-0.25, -0.2) is 4.79 Å². The maximum atomic E-state index is 10.1. The van der Waals surface area contributed by atoms with Crippen LogP contribution in [0.25, 0.3) is 0 Å². The van der Waals surface area contributed by atoms with E-state index in [2.05, 4.69) is 6.58 Å². The molecule has 0 saturated carbocycles. The first-order chi connectivity index (χ1) is 6.70. The Balaban J connectivity index is 0. The van der Waals surface area contributed by atoms with Crippen LogP contribution in [0.1, 0.15) is 19.8 Å². The van der Waals surface area contributed by atoms with Crippen molar-refractivity contribution in [1.29, 1.82) is 0 Å². The first-order valence-electron chi connectivity index (χ1n) is 4.54. The summed E-state index contributed by atoms with van der Waals surface area (Å²) in [6.45, 7) is 4.60. The van der Waals surface area contributed by atoms with Crippen molar-refractivity contribution in [1.82, 2.24) is 0 Å². The Hall–Kier alpha value is 0.756. The zero-order valence-electron chi connectivity index (χ0n) is 9.06. The van der Waals surface area contributed by atoms with Gasteiger partial charge in [-0.2, -0.15) is 0 Å². The molecule has 0 atom stereocenters. The molecule has 0 aromatic heterocycles. The topological polar surface area (TPSA) is 91.7 Å². The van der Waals surface area contributed by atoms with Crippen molar-refractivity contribution in [3.8, 4) is 0 Å². The van der Waals surface area contributed by atoms with Crippen molar-refractivity contribution >= 4 is 65.0 Å². The summed E-state index contributed by atoms with van der Waals surface area (Å²) in [7, 11) is -3.68. The zero-order chi connectivity index (χ0) is 12.5. The molecule has 84 valence electrons. The molecule has 0 aliphatic heterocycles. The fourth-order valence-corrected chi connectivity index (χ4v) is 1.88. The van der Waals surface area contributed by atoms with Crippen molar-refractivity contribution in [3.05, 3.63) is 12.2 Å². The minimum absolute atomic E-state index is 0.0664. The molecule has 15 heavy (non-hydrogen) atoms. The predicted molar refractivity (Wildman–Crippen MR) is 58.7 cm³/mol. The van der Waals surface area contributed by atoms with Gasteiger partial charge in [-0.15, -0.1) is 0 Å². The van der Waals surface area contributed by atoms with Gasteiger partial charge in [0.05, 0.1) is 0 Å². The molecule has 0 saturated heterocycles. The third-order valence-corrected chi connectivity index (χ3v) is 3.28. The van der Waals surface area contributed by atoms with E-state index in [4.69, 9.17) is 9.66 Å². The summed E-state index contributed by atoms with van der Waals surface area (Å²) in [5.74, 6) is -1.00. The van der Waals surface area contributed by atoms with Gasteiger partial charge < -0.3 is 5.11 Å². The van der Waals surface area contributed by atoms with Crippen LogP contribution in [0.3, 0.4) is 0 Å². The van der Waals surface area contributed by atoms with E-state index in [-0.39, 0.29) is 11.3 Å². The van der Waals surface area contributed by atoms with Gasteiger partial charge in [-0.05, 0) is 6.92 Å². The van der Waals surface area contributed by atoms with E-state index in [0.717, 1.165) is 55.9 Å². The maximum absolute atomic E-state index is 10.1. The average Bonchev–Trinajstić information content (AvgIpc) is 2.03. The predicted octanol–water partition coefficient (Wildman–Crippen LogP) is 0.888. The van der Waals surface area contributed by atoms with E-state index in [1.165, 1.54) is 6.92 Å². The zero-order valence-corrected chi connectivity index (χ0v) is 13.0. The fourth-order valence-electron chi connectivity index (χ4n) is 0.534. The van der Waals surface area contributed by atoms with Crippen LogP contribution in [0.2, 0.25) is 0.515 Å². The number of carboxylic acids is 1. The molecule has 0 rings (SSSR count). The van der Waals surface area contributed by atoms with Crippen LogP contribution >= 0.6 is 0 Å². The molecule has 0 aliphatic rings. The Bertz CT molecular complexity index is 284. The van der Waals surface area contributed by atoms with E-state index < -0.39 is 16.1 Å². The minimum atomic E-state index is -3.68. The molecular formula is C8H15KO5S. The summed E-state index contributed by atoms with van der Waals surface area (Å²) in [5.41, 5.74) is 0.176. The number of hydrogen-bond donors (Lipinski definition) is 2. The molecule has 0 aliphatic carbocycles. The van der Waals surface area contributed by atoms with Crippen molar-refractivity contribution < 1.29 is 22.9 Å². The molecule has 0 aromatic carbocycles. The number of carboxylic acid groups (broad SMARTS) is 1. The summed E-state index contributed by atoms with van der Waals surface area (Å²) >= 11 is 0.812. The third-order valence-electron chi connectivity index (χ3n) is 1.37. The van der Waals surface area contributed by atoms with Gasteiger partial charge in [0, 0.05) is 5.57 Å². The molecule has 0 unspecified atom stereocenters. The SMILES string of the molecule is C=C(C)C(=O)O.O=S(=O)(O)CCC[CH2][K]. The second kappa shape index (κ2) is 9.95. The standard InChI is InChI=1S/C4H9O3S.C4H6O2.K/c1-2-3-4-8(5,6)7;1-3(2)4(5)6;/h1-4H2,(H,5,6,7);1H2,2H3,(H,5,6);. The van der Waals surface area contributed by atoms with Crippen molar-refractivity contribution in [2.45, 2.75) is 20.3 Å². The van der Waals surface area contributed by atoms with Crippen molar-refractivity contribution in [2.24, 2.45) is 0 Å². The molecule has 2 N–H and O–H groups in total. The molecule has 0 fully saturated rings. The summed E-state index contributed by atoms with van der Waals surface area (Å²) in [4.78, 5) is 9.60. The molecule has 5 nitrogen and oxygen atoms in total. The van der Waals surface area contributed by atoms with Crippen LogP contribution in [-0.2, 0) is 14.9 Å². The summed E-state index contributed by atoms with van der Waals surface area (Å²) in [5, 5.41) is 7.89. The van der Waals surface area contributed by atoms with Crippen molar-refractivity contribution in [2.75, 3.05) is 5.75 Å². The fraction of sp³-hybridized carbons (Fsp3) is 0.625. The first kappa shape index (κ1) is 18.1. The van der Waals surface area contributed by atoms with Gasteiger partial charge in [0.15, 0.2) is 0 Å². The number of aliphatic carboxylic acids is 1. The Morgan fingerprint density at radius 3 is 2.00 bits per heavy atom. The number of hydrogen-bond acceptors (Lipinski definition) is 3. The van der Waals surface area contributed by atoms with E-state index in [1.54, 1.807) is 0 Å². The molecule has 0 heterocycles. The van der Waals surface area contributed by atoms with Gasteiger partial charge >= 0.3 is 97.1 Å². The molecule has 0 bridgehead atoms. The molecule has 7 heteroatoms. The average molecular weight is 262 g/mol. The van der Waals surface area contributed by atoms with Crippen LogP contribution in [0.4, 0.5) is 0 Å². The van der Waals surface area contributed by atoms with Crippen molar-refractivity contribution in [3.63, 3.8) is 0 Å². The first-order valence-corrected chi connectivity index (χ1v) is 8.36. The Morgan fingerprint density at radius 1 is 1.40 bits per heavy atom. The van der Waals surface area contributed by atoms with Gasteiger partial charge in [0.25, 0.3) is 0 Å². The Kier molecular flexibility index (Phi) is 12.0. The second-order valence-electron chi connectivity index (χ2n) is 3.08. The van der Waals surface area contributed by atoms with Gasteiger partial charge in [0.2, 0.25) is 0 Å². The summed E-state index contributed by atoms with van der Waals surface area (Å²) in [6, 6.07) is 0. The van der Waals surface area contributed by atoms with Crippen LogP contribution < -0.4 is 0 Å². The van der Waals surface area contributed by atoms with Crippen LogP contribution in [0.15, 0.2) is 12.2 Å². The number of rotatable bonds is 5. The number of carbonyl (C=O) groups is 1. The quantitative estimate of drug-likeness (QED) is 0.332. The summed E-state index contributed by atoms with van der Waals surface area (Å²) in [6.07, 6.45) is 1.56. The molecule has 0 amide bonds. The number of unbranched alkanes of at least 4 members (excludes halogenated alkanes) is 1.